The van der Waals surface area contributed by atoms with Gasteiger partial charge in [0.1, 0.15) is 18.1 Å². The van der Waals surface area contributed by atoms with Crippen molar-refractivity contribution in [2.24, 2.45) is 0 Å². The standard InChI is InChI=1S/C31H35F5N8O3/c1-5-26(45)38-22-13-23(25(47-4)14-24(22)43-12-6-7-21(43)17-41(2)3)39-28-37-15-19-16-42(18-31(34,35)36)29(46)44(27(19)40-28)20-8-10-30(32,33)11-9-20/h5-7,12-15,20H,1,8-11,16-18H2,2-4H3,(H,38,45)(H,37,39,40). The number of aromatic nitrogens is 3. The highest BCUT2D eigenvalue weighted by Gasteiger charge is 2.45. The first-order valence-electron chi connectivity index (χ1n) is 14.8. The average molecular weight is 663 g/mol. The summed E-state index contributed by atoms with van der Waals surface area (Å²) in [5, 5.41) is 5.84. The van der Waals surface area contributed by atoms with Crippen molar-refractivity contribution in [2.45, 2.75) is 56.9 Å². The van der Waals surface area contributed by atoms with Crippen LogP contribution in [0.1, 0.15) is 36.9 Å². The summed E-state index contributed by atoms with van der Waals surface area (Å²) in [4.78, 5) is 38.3. The van der Waals surface area contributed by atoms with E-state index < -0.39 is 56.0 Å². The van der Waals surface area contributed by atoms with Crippen LogP contribution in [0.4, 0.5) is 49.9 Å². The maximum Gasteiger partial charge on any atom is 0.406 e. The van der Waals surface area contributed by atoms with E-state index in [2.05, 4.69) is 27.2 Å². The van der Waals surface area contributed by atoms with Crippen molar-refractivity contribution in [2.75, 3.05) is 43.3 Å². The van der Waals surface area contributed by atoms with Crippen molar-refractivity contribution in [3.8, 4) is 11.4 Å². The van der Waals surface area contributed by atoms with Crippen molar-refractivity contribution >= 4 is 35.1 Å². The second-order valence-corrected chi connectivity index (χ2v) is 11.7. The van der Waals surface area contributed by atoms with E-state index in [1.54, 1.807) is 12.1 Å². The van der Waals surface area contributed by atoms with E-state index in [4.69, 9.17) is 4.74 Å². The lowest BCUT2D eigenvalue weighted by molar-refractivity contribution is -0.141. The number of hydrogen-bond acceptors (Lipinski definition) is 7. The number of alkyl halides is 5. The Morgan fingerprint density at radius 2 is 1.94 bits per heavy atom. The summed E-state index contributed by atoms with van der Waals surface area (Å²) >= 11 is 0. The minimum atomic E-state index is -4.67. The van der Waals surface area contributed by atoms with Crippen LogP contribution < -0.4 is 20.3 Å². The highest BCUT2D eigenvalue weighted by molar-refractivity contribution is 6.01. The van der Waals surface area contributed by atoms with Gasteiger partial charge in [0.2, 0.25) is 17.8 Å². The summed E-state index contributed by atoms with van der Waals surface area (Å²) < 4.78 is 75.7. The molecule has 1 saturated carbocycles. The average Bonchev–Trinajstić information content (AvgIpc) is 3.44. The van der Waals surface area contributed by atoms with Gasteiger partial charge in [-0.25, -0.2) is 18.6 Å². The second-order valence-electron chi connectivity index (χ2n) is 11.7. The quantitative estimate of drug-likeness (QED) is 0.200. The number of rotatable bonds is 10. The van der Waals surface area contributed by atoms with E-state index in [1.165, 1.54) is 13.3 Å². The number of fused-ring (bicyclic) bond motifs is 1. The molecule has 1 aromatic carbocycles. The molecule has 2 aliphatic rings. The molecule has 47 heavy (non-hydrogen) atoms. The molecule has 0 saturated heterocycles. The fourth-order valence-corrected chi connectivity index (χ4v) is 5.79. The van der Waals surface area contributed by atoms with Gasteiger partial charge in [0.25, 0.3) is 0 Å². The third-order valence-corrected chi connectivity index (χ3v) is 7.91. The molecule has 0 bridgehead atoms. The molecule has 1 aliphatic heterocycles. The molecule has 0 unspecified atom stereocenters. The molecule has 5 rings (SSSR count). The SMILES string of the molecule is C=CC(=O)Nc1cc(Nc2ncc3c(n2)N(C2CCC(F)(F)CC2)C(=O)N(CC(F)(F)F)C3)c(OC)cc1-n1cccc1CN(C)C. The van der Waals surface area contributed by atoms with Crippen LogP contribution >= 0.6 is 0 Å². The molecule has 2 N–H and O–H groups in total. The summed E-state index contributed by atoms with van der Waals surface area (Å²) in [5.74, 6) is -3.05. The van der Waals surface area contributed by atoms with Crippen molar-refractivity contribution < 1.29 is 36.3 Å². The number of carbonyl (C=O) groups excluding carboxylic acids is 2. The smallest absolute Gasteiger partial charge is 0.406 e. The third-order valence-electron chi connectivity index (χ3n) is 7.91. The van der Waals surface area contributed by atoms with E-state index in [1.807, 2.05) is 41.9 Å². The number of hydrogen-bond donors (Lipinski definition) is 2. The molecule has 3 heterocycles. The van der Waals surface area contributed by atoms with Gasteiger partial charge in [-0.1, -0.05) is 6.58 Å². The normalized spacial score (nSPS) is 16.7. The van der Waals surface area contributed by atoms with E-state index in [0.717, 1.165) is 16.7 Å². The summed E-state index contributed by atoms with van der Waals surface area (Å²) in [6.45, 7) is 2.21. The predicted octanol–water partition coefficient (Wildman–Crippen LogP) is 6.09. The summed E-state index contributed by atoms with van der Waals surface area (Å²) in [5.41, 5.74) is 2.46. The maximum absolute atomic E-state index is 14.0. The first kappa shape index (κ1) is 33.6. The summed E-state index contributed by atoms with van der Waals surface area (Å²) in [6.07, 6.45) is -1.64. The van der Waals surface area contributed by atoms with Gasteiger partial charge in [-0.3, -0.25) is 9.69 Å². The minimum Gasteiger partial charge on any atom is -0.494 e. The Bertz CT molecular complexity index is 1650. The molecule has 3 amide bonds. The highest BCUT2D eigenvalue weighted by atomic mass is 19.4. The lowest BCUT2D eigenvalue weighted by Gasteiger charge is -2.42. The molecule has 16 heteroatoms. The van der Waals surface area contributed by atoms with Gasteiger partial charge >= 0.3 is 12.2 Å². The molecule has 0 radical (unpaired) electrons. The topological polar surface area (TPSA) is 108 Å². The monoisotopic (exact) mass is 662 g/mol. The number of urea groups is 1. The number of halogens is 5. The Morgan fingerprint density at radius 1 is 1.21 bits per heavy atom. The first-order valence-corrected chi connectivity index (χ1v) is 14.8. The van der Waals surface area contributed by atoms with Gasteiger partial charge in [-0.2, -0.15) is 18.2 Å². The van der Waals surface area contributed by atoms with Gasteiger partial charge in [-0.05, 0) is 51.2 Å². The van der Waals surface area contributed by atoms with Gasteiger partial charge in [0, 0.05) is 55.1 Å². The number of anilines is 4. The number of carbonyl (C=O) groups is 2. The van der Waals surface area contributed by atoms with E-state index in [9.17, 15) is 31.5 Å². The van der Waals surface area contributed by atoms with Gasteiger partial charge in [0.15, 0.2) is 0 Å². The molecule has 3 aromatic rings. The second kappa shape index (κ2) is 13.2. The van der Waals surface area contributed by atoms with Crippen molar-refractivity contribution in [1.29, 1.82) is 0 Å². The zero-order valence-corrected chi connectivity index (χ0v) is 26.1. The zero-order chi connectivity index (χ0) is 34.1. The molecule has 2 aromatic heterocycles. The van der Waals surface area contributed by atoms with Gasteiger partial charge in [-0.15, -0.1) is 0 Å². The Morgan fingerprint density at radius 3 is 2.57 bits per heavy atom. The predicted molar refractivity (Wildman–Crippen MR) is 165 cm³/mol. The van der Waals surface area contributed by atoms with Crippen LogP contribution in [-0.4, -0.2) is 82.2 Å². The lowest BCUT2D eigenvalue weighted by atomic mass is 9.90. The molecule has 0 atom stereocenters. The molecular formula is C31H35F5N8O3. The summed E-state index contributed by atoms with van der Waals surface area (Å²) in [7, 11) is 5.30. The Balaban J connectivity index is 1.54. The van der Waals surface area contributed by atoms with Crippen LogP contribution in [-0.2, 0) is 17.9 Å². The van der Waals surface area contributed by atoms with Crippen LogP contribution in [0.3, 0.4) is 0 Å². The largest absolute Gasteiger partial charge is 0.494 e. The van der Waals surface area contributed by atoms with Crippen LogP contribution in [0.5, 0.6) is 5.75 Å². The lowest BCUT2D eigenvalue weighted by Crippen LogP contribution is -2.55. The molecule has 252 valence electrons. The summed E-state index contributed by atoms with van der Waals surface area (Å²) in [6, 6.07) is 5.36. The highest BCUT2D eigenvalue weighted by Crippen LogP contribution is 2.41. The van der Waals surface area contributed by atoms with Crippen LogP contribution in [0.15, 0.2) is 49.3 Å². The fraction of sp³-hybridized carbons (Fsp3) is 0.419. The molecular weight excluding hydrogens is 627 g/mol. The van der Waals surface area contributed by atoms with E-state index >= 15 is 0 Å². The maximum atomic E-state index is 14.0. The van der Waals surface area contributed by atoms with Crippen molar-refractivity contribution in [1.82, 2.24) is 24.3 Å². The number of ether oxygens (including phenoxy) is 1. The van der Waals surface area contributed by atoms with E-state index in [-0.39, 0.29) is 30.2 Å². The first-order chi connectivity index (χ1) is 22.2. The molecule has 11 nitrogen and oxygen atoms in total. The van der Waals surface area contributed by atoms with Gasteiger partial charge < -0.3 is 29.7 Å². The number of amides is 3. The molecule has 0 spiro atoms. The van der Waals surface area contributed by atoms with Crippen LogP contribution in [0.2, 0.25) is 0 Å². The minimum absolute atomic E-state index is 0.0340. The Labute approximate surface area is 268 Å². The van der Waals surface area contributed by atoms with Crippen LogP contribution in [0, 0.1) is 0 Å². The van der Waals surface area contributed by atoms with Crippen molar-refractivity contribution in [3.05, 3.63) is 60.6 Å². The Hall–Kier alpha value is -4.73. The van der Waals surface area contributed by atoms with Gasteiger partial charge in [0.05, 0.1) is 30.7 Å². The number of nitrogens with one attached hydrogen (secondary N) is 2. The number of benzene rings is 1. The Kier molecular flexibility index (Phi) is 9.43. The molecule has 1 fully saturated rings. The molecule has 1 aliphatic carbocycles. The van der Waals surface area contributed by atoms with Crippen LogP contribution in [0.25, 0.3) is 5.69 Å². The zero-order valence-electron chi connectivity index (χ0n) is 26.1. The van der Waals surface area contributed by atoms with Crippen molar-refractivity contribution in [3.63, 3.8) is 0 Å². The van der Waals surface area contributed by atoms with E-state index in [0.29, 0.717) is 34.3 Å². The number of nitrogens with zero attached hydrogens (tertiary/aromatic N) is 6. The fourth-order valence-electron chi connectivity index (χ4n) is 5.79. The third kappa shape index (κ3) is 7.64. The number of methoxy groups -OCH3 is 1.